The van der Waals surface area contributed by atoms with E-state index in [0.717, 1.165) is 4.88 Å². The van der Waals surface area contributed by atoms with Crippen molar-refractivity contribution < 1.29 is 13.0 Å². The van der Waals surface area contributed by atoms with Crippen LogP contribution >= 0.6 is 22.9 Å². The molecule has 3 heterocycles. The summed E-state index contributed by atoms with van der Waals surface area (Å²) in [5, 5.41) is 0.453. The van der Waals surface area contributed by atoms with Crippen LogP contribution in [0.2, 0.25) is 5.02 Å². The summed E-state index contributed by atoms with van der Waals surface area (Å²) in [4.78, 5) is 9.86. The number of thiophene rings is 1. The first-order valence-corrected chi connectivity index (χ1v) is 11.6. The molecule has 2 N–H and O–H groups in total. The highest BCUT2D eigenvalue weighted by molar-refractivity contribution is 7.98. The highest BCUT2D eigenvalue weighted by Gasteiger charge is 2.39. The Labute approximate surface area is 177 Å². The van der Waals surface area contributed by atoms with Gasteiger partial charge in [-0.1, -0.05) is 11.6 Å². The Kier molecular flexibility index (Phi) is 4.71. The second kappa shape index (κ2) is 6.86. The van der Waals surface area contributed by atoms with E-state index in [4.69, 9.17) is 21.8 Å². The number of hydrogen-bond donors (Lipinski definition) is 1. The fourth-order valence-electron chi connectivity index (χ4n) is 3.29. The van der Waals surface area contributed by atoms with Crippen LogP contribution in [-0.4, -0.2) is 38.1 Å². The number of halogens is 2. The van der Waals surface area contributed by atoms with E-state index in [-0.39, 0.29) is 11.7 Å². The molecule has 2 atom stereocenters. The molecule has 2 aromatic heterocycles. The monoisotopic (exact) mass is 452 g/mol. The average Bonchev–Trinajstić information content (AvgIpc) is 3.29. The molecule has 0 fully saturated rings. The average molecular weight is 453 g/mol. The predicted molar refractivity (Wildman–Crippen MR) is 117 cm³/mol. The molecule has 10 heteroatoms. The SMILES string of the molecule is C=S1(=O)C[C@@](C)(c2sc(-c3cc(F)cc(-c4cnco4)c3)cc2Cl)N=C(N)N1C. The van der Waals surface area contributed by atoms with Gasteiger partial charge in [0.25, 0.3) is 0 Å². The van der Waals surface area contributed by atoms with Crippen molar-refractivity contribution in [2.45, 2.75) is 12.5 Å². The molecule has 0 amide bonds. The van der Waals surface area contributed by atoms with Gasteiger partial charge in [0.2, 0.25) is 5.96 Å². The molecule has 152 valence electrons. The van der Waals surface area contributed by atoms with Gasteiger partial charge < -0.3 is 10.2 Å². The number of aliphatic imine (C=N–C) groups is 1. The van der Waals surface area contributed by atoms with Crippen LogP contribution in [0.15, 0.2) is 46.3 Å². The highest BCUT2D eigenvalue weighted by Crippen LogP contribution is 2.44. The molecular formula is C19H18ClFN4O2S2. The molecule has 0 saturated heterocycles. The molecule has 29 heavy (non-hydrogen) atoms. The van der Waals surface area contributed by atoms with E-state index in [1.807, 2.05) is 6.92 Å². The number of rotatable bonds is 3. The van der Waals surface area contributed by atoms with Crippen molar-refractivity contribution in [2.75, 3.05) is 12.8 Å². The Morgan fingerprint density at radius 1 is 1.38 bits per heavy atom. The molecule has 6 nitrogen and oxygen atoms in total. The number of hydrogen-bond acceptors (Lipinski definition) is 6. The fourth-order valence-corrected chi connectivity index (χ4v) is 6.66. The molecule has 1 aliphatic rings. The van der Waals surface area contributed by atoms with Gasteiger partial charge in [-0.05, 0) is 42.6 Å². The molecule has 0 bridgehead atoms. The molecule has 0 saturated carbocycles. The highest BCUT2D eigenvalue weighted by atomic mass is 35.5. The van der Waals surface area contributed by atoms with Crippen molar-refractivity contribution in [1.29, 1.82) is 0 Å². The second-order valence-electron chi connectivity index (χ2n) is 7.04. The van der Waals surface area contributed by atoms with Gasteiger partial charge in [-0.25, -0.2) is 18.6 Å². The number of guanidine groups is 1. The maximum absolute atomic E-state index is 14.3. The summed E-state index contributed by atoms with van der Waals surface area (Å²) in [6, 6.07) is 6.35. The first kappa shape index (κ1) is 19.9. The van der Waals surface area contributed by atoms with Gasteiger partial charge in [-0.3, -0.25) is 4.31 Å². The van der Waals surface area contributed by atoms with Gasteiger partial charge in [0.05, 0.1) is 31.6 Å². The van der Waals surface area contributed by atoms with Crippen molar-refractivity contribution in [1.82, 2.24) is 9.29 Å². The third-order valence-electron chi connectivity index (χ3n) is 4.76. The van der Waals surface area contributed by atoms with Crippen LogP contribution in [-0.2, 0) is 15.2 Å². The van der Waals surface area contributed by atoms with E-state index in [1.54, 1.807) is 19.2 Å². The molecule has 1 aromatic carbocycles. The zero-order chi connectivity index (χ0) is 21.0. The number of nitrogens with zero attached hydrogens (tertiary/aromatic N) is 3. The van der Waals surface area contributed by atoms with Gasteiger partial charge in [-0.15, -0.1) is 11.3 Å². The van der Waals surface area contributed by atoms with Gasteiger partial charge in [0.15, 0.2) is 12.2 Å². The summed E-state index contributed by atoms with van der Waals surface area (Å²) in [7, 11) is -1.03. The Hall–Kier alpha value is -2.36. The molecule has 1 aliphatic heterocycles. The van der Waals surface area contributed by atoms with Crippen LogP contribution in [0, 0.1) is 5.82 Å². The van der Waals surface area contributed by atoms with Gasteiger partial charge in [0, 0.05) is 17.5 Å². The van der Waals surface area contributed by atoms with Crippen LogP contribution in [0.25, 0.3) is 21.8 Å². The third kappa shape index (κ3) is 3.54. The third-order valence-corrected chi connectivity index (χ3v) is 8.81. The lowest BCUT2D eigenvalue weighted by Crippen LogP contribution is -2.50. The van der Waals surface area contributed by atoms with E-state index < -0.39 is 21.1 Å². The molecule has 0 aliphatic carbocycles. The van der Waals surface area contributed by atoms with Crippen molar-refractivity contribution in [3.05, 3.63) is 52.6 Å². The van der Waals surface area contributed by atoms with Crippen LogP contribution in [0.1, 0.15) is 11.8 Å². The summed E-state index contributed by atoms with van der Waals surface area (Å²) in [6.45, 7) is 1.82. The zero-order valence-corrected chi connectivity index (χ0v) is 18.1. The first-order chi connectivity index (χ1) is 13.6. The van der Waals surface area contributed by atoms with Crippen LogP contribution in [0.3, 0.4) is 0 Å². The van der Waals surface area contributed by atoms with Gasteiger partial charge in [-0.2, -0.15) is 0 Å². The van der Waals surface area contributed by atoms with Crippen LogP contribution < -0.4 is 5.73 Å². The van der Waals surface area contributed by atoms with E-state index in [2.05, 4.69) is 15.8 Å². The largest absolute Gasteiger partial charge is 0.444 e. The predicted octanol–water partition coefficient (Wildman–Crippen LogP) is 3.97. The van der Waals surface area contributed by atoms with Crippen molar-refractivity contribution in [3.63, 3.8) is 0 Å². The number of aromatic nitrogens is 1. The Morgan fingerprint density at radius 3 is 2.76 bits per heavy atom. The Bertz CT molecular complexity index is 1220. The number of nitrogens with two attached hydrogens (primary N) is 1. The minimum absolute atomic E-state index is 0.142. The minimum atomic E-state index is -2.64. The van der Waals surface area contributed by atoms with E-state index in [1.165, 1.54) is 40.4 Å². The summed E-state index contributed by atoms with van der Waals surface area (Å²) in [6.07, 6.45) is 2.81. The fraction of sp³-hybridized carbons (Fsp3) is 0.211. The summed E-state index contributed by atoms with van der Waals surface area (Å²) < 4.78 is 33.8. The number of oxazole rings is 1. The minimum Gasteiger partial charge on any atom is -0.444 e. The lowest BCUT2D eigenvalue weighted by atomic mass is 10.0. The quantitative estimate of drug-likeness (QED) is 0.609. The van der Waals surface area contributed by atoms with Crippen LogP contribution in [0.5, 0.6) is 0 Å². The molecule has 0 radical (unpaired) electrons. The number of benzene rings is 1. The molecular weight excluding hydrogens is 435 g/mol. The standard InChI is InChI=1S/C19H18ClFN4O2S2/c1-19(9-29(3,26)25(2)18(22)24-19)17-14(20)7-16(28-17)12-4-11(5-13(21)6-12)15-8-23-10-27-15/h4-8,10H,3,9H2,1-2H3,(H2,22,24)/t19-,29?/m0/s1. The second-order valence-corrected chi connectivity index (χ2v) is 10.9. The molecule has 4 rings (SSSR count). The molecule has 0 spiro atoms. The summed E-state index contributed by atoms with van der Waals surface area (Å²) in [5.41, 5.74) is 6.29. The summed E-state index contributed by atoms with van der Waals surface area (Å²) in [5.74, 6) is 4.18. The van der Waals surface area contributed by atoms with Crippen LogP contribution in [0.4, 0.5) is 4.39 Å². The molecule has 1 unspecified atom stereocenters. The van der Waals surface area contributed by atoms with Gasteiger partial charge in [0.1, 0.15) is 11.4 Å². The zero-order valence-electron chi connectivity index (χ0n) is 15.7. The van der Waals surface area contributed by atoms with Crippen molar-refractivity contribution in [3.8, 4) is 21.8 Å². The Morgan fingerprint density at radius 2 is 2.10 bits per heavy atom. The van der Waals surface area contributed by atoms with Crippen molar-refractivity contribution >= 4 is 44.5 Å². The maximum atomic E-state index is 14.3. The smallest absolute Gasteiger partial charge is 0.203 e. The van der Waals surface area contributed by atoms with E-state index in [0.29, 0.717) is 26.8 Å². The lowest BCUT2D eigenvalue weighted by Gasteiger charge is -2.36. The summed E-state index contributed by atoms with van der Waals surface area (Å²) >= 11 is 7.88. The van der Waals surface area contributed by atoms with Crippen molar-refractivity contribution in [2.24, 2.45) is 10.7 Å². The maximum Gasteiger partial charge on any atom is 0.203 e. The lowest BCUT2D eigenvalue weighted by molar-refractivity contribution is 0.522. The first-order valence-electron chi connectivity index (χ1n) is 8.53. The van der Waals surface area contributed by atoms with E-state index >= 15 is 0 Å². The van der Waals surface area contributed by atoms with E-state index in [9.17, 15) is 8.60 Å². The Balaban J connectivity index is 1.80. The molecule has 3 aromatic rings. The normalized spacial score (nSPS) is 24.6. The van der Waals surface area contributed by atoms with Gasteiger partial charge >= 0.3 is 0 Å². The topological polar surface area (TPSA) is 84.7 Å².